The number of fused-ring (bicyclic) bond motifs is 1. The number of hydrogen-bond acceptors (Lipinski definition) is 2. The van der Waals surface area contributed by atoms with Crippen LogP contribution in [0.1, 0.15) is 0 Å². The van der Waals surface area contributed by atoms with Gasteiger partial charge in [-0.05, 0) is 57.1 Å². The molecule has 0 saturated heterocycles. The number of aliphatic imine (C=N–C) groups is 1. The smallest absolute Gasteiger partial charge is 0.119 e. The molecule has 2 heteroatoms. The summed E-state index contributed by atoms with van der Waals surface area (Å²) >= 11 is 0. The number of benzene rings is 2. The molecule has 0 aliphatic heterocycles. The lowest BCUT2D eigenvalue weighted by molar-refractivity contribution is 0.415. The third-order valence-corrected chi connectivity index (χ3v) is 3.34. The van der Waals surface area contributed by atoms with Crippen molar-refractivity contribution in [2.24, 2.45) is 4.99 Å². The van der Waals surface area contributed by atoms with Crippen LogP contribution in [0.3, 0.4) is 0 Å². The van der Waals surface area contributed by atoms with Gasteiger partial charge < -0.3 is 4.74 Å². The van der Waals surface area contributed by atoms with E-state index in [1.807, 2.05) is 30.3 Å². The van der Waals surface area contributed by atoms with E-state index in [2.05, 4.69) is 37.4 Å². The molecule has 0 saturated carbocycles. The zero-order chi connectivity index (χ0) is 16.1. The van der Waals surface area contributed by atoms with Crippen molar-refractivity contribution in [3.8, 4) is 5.75 Å². The summed E-state index contributed by atoms with van der Waals surface area (Å²) in [6.45, 7) is 15.6. The highest BCUT2D eigenvalue weighted by atomic mass is 16.5. The van der Waals surface area contributed by atoms with E-state index < -0.39 is 0 Å². The maximum Gasteiger partial charge on any atom is 0.119 e. The van der Waals surface area contributed by atoms with Gasteiger partial charge in [0.1, 0.15) is 5.75 Å². The van der Waals surface area contributed by atoms with Crippen LogP contribution in [0.4, 0.5) is 0 Å². The largest absolute Gasteiger partial charge is 0.497 e. The molecule has 0 aromatic heterocycles. The SMILES string of the molecule is C=CC=NC(=C)C(=C)/C=c1/cc2ccc(OC)cc2cc1=C. The molecule has 0 aliphatic carbocycles. The van der Waals surface area contributed by atoms with Gasteiger partial charge in [0, 0.05) is 6.21 Å². The quantitative estimate of drug-likeness (QED) is 0.611. The number of nitrogens with zero attached hydrogens (tertiary/aromatic N) is 1. The molecule has 0 unspecified atom stereocenters. The van der Waals surface area contributed by atoms with Gasteiger partial charge in [0.25, 0.3) is 0 Å². The highest BCUT2D eigenvalue weighted by Crippen LogP contribution is 2.18. The average Bonchev–Trinajstić information content (AvgIpc) is 2.52. The second-order valence-corrected chi connectivity index (χ2v) is 4.89. The van der Waals surface area contributed by atoms with Crippen molar-refractivity contribution in [3.05, 3.63) is 77.9 Å². The van der Waals surface area contributed by atoms with Gasteiger partial charge in [0.2, 0.25) is 0 Å². The van der Waals surface area contributed by atoms with Crippen molar-refractivity contribution in [2.45, 2.75) is 0 Å². The number of ether oxygens (including phenoxy) is 1. The van der Waals surface area contributed by atoms with E-state index in [1.165, 1.54) is 0 Å². The summed E-state index contributed by atoms with van der Waals surface area (Å²) in [5.41, 5.74) is 1.35. The van der Waals surface area contributed by atoms with Crippen molar-refractivity contribution < 1.29 is 4.74 Å². The molecule has 0 aliphatic rings. The van der Waals surface area contributed by atoms with Gasteiger partial charge in [-0.3, -0.25) is 4.99 Å². The first kappa shape index (κ1) is 15.5. The molecular formula is C20H19NO. The first-order valence-electron chi connectivity index (χ1n) is 6.87. The Hall–Kier alpha value is -2.87. The van der Waals surface area contributed by atoms with Gasteiger partial charge in [-0.2, -0.15) is 0 Å². The number of rotatable bonds is 5. The maximum absolute atomic E-state index is 5.25. The second-order valence-electron chi connectivity index (χ2n) is 4.89. The van der Waals surface area contributed by atoms with E-state index in [9.17, 15) is 0 Å². The zero-order valence-corrected chi connectivity index (χ0v) is 12.8. The van der Waals surface area contributed by atoms with Gasteiger partial charge in [-0.1, -0.05) is 38.5 Å². The van der Waals surface area contributed by atoms with Crippen molar-refractivity contribution in [1.29, 1.82) is 0 Å². The molecule has 2 nitrogen and oxygen atoms in total. The van der Waals surface area contributed by atoms with E-state index >= 15 is 0 Å². The monoisotopic (exact) mass is 289 g/mol. The van der Waals surface area contributed by atoms with Crippen molar-refractivity contribution in [3.63, 3.8) is 0 Å². The van der Waals surface area contributed by atoms with Crippen LogP contribution in [0.5, 0.6) is 5.75 Å². The van der Waals surface area contributed by atoms with Gasteiger partial charge in [-0.25, -0.2) is 0 Å². The molecular weight excluding hydrogens is 270 g/mol. The zero-order valence-electron chi connectivity index (χ0n) is 12.8. The van der Waals surface area contributed by atoms with Crippen LogP contribution in [0.15, 0.2) is 72.4 Å². The summed E-state index contributed by atoms with van der Waals surface area (Å²) in [6, 6.07) is 10.1. The lowest BCUT2D eigenvalue weighted by atomic mass is 10.1. The predicted octanol–water partition coefficient (Wildman–Crippen LogP) is 3.37. The predicted molar refractivity (Wildman–Crippen MR) is 96.7 cm³/mol. The van der Waals surface area contributed by atoms with Crippen LogP contribution in [0.2, 0.25) is 0 Å². The fourth-order valence-electron chi connectivity index (χ4n) is 2.10. The van der Waals surface area contributed by atoms with E-state index in [-0.39, 0.29) is 0 Å². The Kier molecular flexibility index (Phi) is 4.74. The van der Waals surface area contributed by atoms with Crippen LogP contribution in [-0.2, 0) is 0 Å². The Labute approximate surface area is 130 Å². The van der Waals surface area contributed by atoms with Crippen LogP contribution in [-0.4, -0.2) is 13.3 Å². The molecule has 22 heavy (non-hydrogen) atoms. The molecule has 0 bridgehead atoms. The lowest BCUT2D eigenvalue weighted by Gasteiger charge is -2.03. The summed E-state index contributed by atoms with van der Waals surface area (Å²) < 4.78 is 5.25. The van der Waals surface area contributed by atoms with Crippen LogP contribution >= 0.6 is 0 Å². The van der Waals surface area contributed by atoms with E-state index in [0.29, 0.717) is 5.70 Å². The van der Waals surface area contributed by atoms with Gasteiger partial charge >= 0.3 is 0 Å². The van der Waals surface area contributed by atoms with Gasteiger partial charge in [0.15, 0.2) is 0 Å². The van der Waals surface area contributed by atoms with Crippen molar-refractivity contribution in [1.82, 2.24) is 0 Å². The minimum atomic E-state index is 0.606. The first-order valence-corrected chi connectivity index (χ1v) is 6.87. The van der Waals surface area contributed by atoms with Crippen LogP contribution in [0, 0.1) is 0 Å². The highest BCUT2D eigenvalue weighted by Gasteiger charge is 1.99. The topological polar surface area (TPSA) is 21.6 Å². The van der Waals surface area contributed by atoms with Gasteiger partial charge in [0.05, 0.1) is 12.8 Å². The molecule has 2 aromatic carbocycles. The van der Waals surface area contributed by atoms with Crippen LogP contribution in [0.25, 0.3) is 23.4 Å². The first-order chi connectivity index (χ1) is 10.5. The Balaban J connectivity index is 2.50. The minimum Gasteiger partial charge on any atom is -0.497 e. The molecule has 2 aromatic rings. The fraction of sp³-hybridized carbons (Fsp3) is 0.0500. The second kappa shape index (κ2) is 6.72. The van der Waals surface area contributed by atoms with E-state index in [1.54, 1.807) is 19.4 Å². The summed E-state index contributed by atoms with van der Waals surface area (Å²) in [4.78, 5) is 4.15. The Morgan fingerprint density at radius 1 is 1.14 bits per heavy atom. The Bertz CT molecular complexity index is 888. The highest BCUT2D eigenvalue weighted by molar-refractivity contribution is 5.84. The molecule has 0 atom stereocenters. The molecule has 110 valence electrons. The summed E-state index contributed by atoms with van der Waals surface area (Å²) in [5, 5.41) is 4.13. The minimum absolute atomic E-state index is 0.606. The standard InChI is InChI=1S/C20H19NO/c1-6-9-21-16(4)14(2)10-18-12-17-7-8-20(22-5)13-19(17)11-15(18)3/h6-13H,1-4H2,5H3/b18-10-,21-9?. The molecule has 0 amide bonds. The molecule has 0 fully saturated rings. The fourth-order valence-corrected chi connectivity index (χ4v) is 2.10. The summed E-state index contributed by atoms with van der Waals surface area (Å²) in [6.07, 6.45) is 5.14. The summed E-state index contributed by atoms with van der Waals surface area (Å²) in [7, 11) is 1.66. The number of methoxy groups -OCH3 is 1. The number of allylic oxidation sites excluding steroid dienone is 2. The van der Waals surface area contributed by atoms with Crippen LogP contribution < -0.4 is 15.2 Å². The molecule has 0 spiro atoms. The average molecular weight is 289 g/mol. The number of hydrogen-bond donors (Lipinski definition) is 0. The third kappa shape index (κ3) is 3.41. The normalized spacial score (nSPS) is 11.8. The van der Waals surface area contributed by atoms with Gasteiger partial charge in [-0.15, -0.1) is 0 Å². The maximum atomic E-state index is 5.25. The van der Waals surface area contributed by atoms with E-state index in [4.69, 9.17) is 4.74 Å². The summed E-state index contributed by atoms with van der Waals surface area (Å²) in [5.74, 6) is 0.833. The van der Waals surface area contributed by atoms with E-state index in [0.717, 1.165) is 32.5 Å². The molecule has 0 N–H and O–H groups in total. The lowest BCUT2D eigenvalue weighted by Crippen LogP contribution is -2.22. The van der Waals surface area contributed by atoms with Crippen molar-refractivity contribution in [2.75, 3.05) is 7.11 Å². The Morgan fingerprint density at radius 3 is 2.59 bits per heavy atom. The third-order valence-electron chi connectivity index (χ3n) is 3.34. The molecule has 2 rings (SSSR count). The van der Waals surface area contributed by atoms with Crippen molar-refractivity contribution >= 4 is 29.6 Å². The molecule has 0 heterocycles. The molecule has 0 radical (unpaired) electrons. The Morgan fingerprint density at radius 2 is 1.91 bits per heavy atom.